The second-order valence-electron chi connectivity index (χ2n) is 14.8. The normalized spacial score (nSPS) is 25.6. The number of hydrazine groups is 1. The molecule has 2 aliphatic carbocycles. The number of hydrogen-bond acceptors (Lipinski definition) is 7. The average Bonchev–Trinajstić information content (AvgIpc) is 3.58. The van der Waals surface area contributed by atoms with Gasteiger partial charge in [0.25, 0.3) is 11.8 Å². The smallest absolute Gasteiger partial charge is 0.260 e. The average molecular weight is 733 g/mol. The van der Waals surface area contributed by atoms with Crippen molar-refractivity contribution in [1.29, 1.82) is 0 Å². The first-order valence-corrected chi connectivity index (χ1v) is 18.4. The van der Waals surface area contributed by atoms with E-state index in [1.54, 1.807) is 54.6 Å². The van der Waals surface area contributed by atoms with Crippen molar-refractivity contribution in [3.63, 3.8) is 0 Å². The molecule has 3 fully saturated rings. The number of fused-ring (bicyclic) bond motifs is 4. The summed E-state index contributed by atoms with van der Waals surface area (Å²) in [5, 5.41) is 15.8. The largest absolute Gasteiger partial charge is 0.505 e. The van der Waals surface area contributed by atoms with Crippen molar-refractivity contribution in [2.24, 2.45) is 23.7 Å². The minimum absolute atomic E-state index is 0.0813. The molecule has 4 aliphatic rings. The van der Waals surface area contributed by atoms with Crippen LogP contribution in [0.15, 0.2) is 139 Å². The molecule has 55 heavy (non-hydrogen) atoms. The van der Waals surface area contributed by atoms with Crippen molar-refractivity contribution < 1.29 is 28.7 Å². The molecule has 1 saturated carbocycles. The number of nitrogens with one attached hydrogen (secondary N) is 2. The van der Waals surface area contributed by atoms with E-state index in [0.717, 1.165) is 28.0 Å². The number of para-hydroxylation sites is 2. The molecule has 6 atom stereocenters. The van der Waals surface area contributed by atoms with Gasteiger partial charge in [-0.3, -0.25) is 29.5 Å². The van der Waals surface area contributed by atoms with Crippen LogP contribution in [-0.2, 0) is 24.6 Å². The molecule has 0 unspecified atom stereocenters. The number of aromatic hydroxyl groups is 1. The van der Waals surface area contributed by atoms with Crippen LogP contribution in [0.3, 0.4) is 0 Å². The van der Waals surface area contributed by atoms with E-state index in [-0.39, 0.29) is 24.3 Å². The number of carbonyl (C=O) groups excluding carboxylic acids is 4. The number of anilines is 4. The van der Waals surface area contributed by atoms with Crippen molar-refractivity contribution in [2.75, 3.05) is 15.6 Å². The summed E-state index contributed by atoms with van der Waals surface area (Å²) in [5.41, 5.74) is 6.35. The summed E-state index contributed by atoms with van der Waals surface area (Å²) in [4.78, 5) is 60.1. The van der Waals surface area contributed by atoms with Crippen LogP contribution >= 0.6 is 0 Å². The van der Waals surface area contributed by atoms with Crippen LogP contribution in [0.1, 0.15) is 35.4 Å². The lowest BCUT2D eigenvalue weighted by Crippen LogP contribution is -2.53. The number of nitrogens with zero attached hydrogens (tertiary/aromatic N) is 2. The van der Waals surface area contributed by atoms with E-state index in [9.17, 15) is 19.5 Å². The fraction of sp³-hybridized carbons (Fsp3) is 0.200. The molecule has 10 heteroatoms. The molecule has 3 N–H and O–H groups in total. The maximum atomic E-state index is 15.4. The second-order valence-corrected chi connectivity index (χ2v) is 14.8. The summed E-state index contributed by atoms with van der Waals surface area (Å²) >= 11 is 0. The van der Waals surface area contributed by atoms with E-state index in [4.69, 9.17) is 0 Å². The molecule has 5 aromatic carbocycles. The molecule has 0 aromatic heterocycles. The Balaban J connectivity index is 1.15. The highest BCUT2D eigenvalue weighted by Crippen LogP contribution is 2.65. The minimum atomic E-state index is -1.62. The summed E-state index contributed by atoms with van der Waals surface area (Å²) in [6, 6.07) is 37.1. The highest BCUT2D eigenvalue weighted by molar-refractivity contribution is 6.22. The zero-order chi connectivity index (χ0) is 38.0. The molecule has 274 valence electrons. The molecule has 0 spiro atoms. The second kappa shape index (κ2) is 13.1. The third-order valence-corrected chi connectivity index (χ3v) is 11.9. The van der Waals surface area contributed by atoms with Crippen LogP contribution in [0.5, 0.6) is 5.75 Å². The van der Waals surface area contributed by atoms with Crippen molar-refractivity contribution in [2.45, 2.75) is 31.1 Å². The lowest BCUT2D eigenvalue weighted by molar-refractivity contribution is -0.138. The van der Waals surface area contributed by atoms with E-state index in [0.29, 0.717) is 22.5 Å². The molecule has 4 amide bonds. The SMILES string of the molecule is Cc1ccc(NN2C(=O)[C@@H]3C[C@@H]4C(=CC[C@@H]5C(=O)N(c6ccc(Nc7ccccc7)cc6)C(=O)[C@@H]54)[C@H](c4cccc(F)c4O)[C@]3(c3ccccc3)C2=O)cc1. The Bertz CT molecular complexity index is 2380. The lowest BCUT2D eigenvalue weighted by Gasteiger charge is -2.50. The maximum absolute atomic E-state index is 15.4. The molecule has 0 bridgehead atoms. The molecule has 2 saturated heterocycles. The Labute approximate surface area is 317 Å². The number of rotatable bonds is 7. The van der Waals surface area contributed by atoms with Crippen molar-refractivity contribution in [3.8, 4) is 5.75 Å². The maximum Gasteiger partial charge on any atom is 0.260 e. The Kier molecular flexibility index (Phi) is 8.14. The van der Waals surface area contributed by atoms with Crippen LogP contribution in [-0.4, -0.2) is 33.7 Å². The van der Waals surface area contributed by atoms with Gasteiger partial charge in [0.1, 0.15) is 0 Å². The summed E-state index contributed by atoms with van der Waals surface area (Å²) < 4.78 is 15.4. The molecule has 2 heterocycles. The van der Waals surface area contributed by atoms with Crippen LogP contribution in [0.4, 0.5) is 27.1 Å². The first-order valence-electron chi connectivity index (χ1n) is 18.4. The van der Waals surface area contributed by atoms with Gasteiger partial charge >= 0.3 is 0 Å². The van der Waals surface area contributed by atoms with E-state index in [1.807, 2.05) is 73.7 Å². The predicted octanol–water partition coefficient (Wildman–Crippen LogP) is 7.77. The standard InChI is InChI=1S/C45H37FN4O5/c1-26-15-17-30(18-16-26)48-50-42(53)36-25-35-32(39(34-13-8-14-37(46)40(34)51)45(36,44(50)55)27-9-4-2-5-10-27)23-24-33-38(35)43(54)49(41(33)52)31-21-19-29(20-22-31)47-28-11-6-3-7-12-28/h2-23,33,35-36,38-39,47-48,51H,24-25H2,1H3/t33-,35+,36-,38-,39+,45+/m0/s1. The fourth-order valence-corrected chi connectivity index (χ4v) is 9.49. The lowest BCUT2D eigenvalue weighted by atomic mass is 9.49. The zero-order valence-corrected chi connectivity index (χ0v) is 29.9. The number of hydrogen-bond donors (Lipinski definition) is 3. The number of phenols is 1. The Morgan fingerprint density at radius 3 is 2.07 bits per heavy atom. The summed E-state index contributed by atoms with van der Waals surface area (Å²) in [7, 11) is 0. The van der Waals surface area contributed by atoms with E-state index in [1.165, 1.54) is 11.0 Å². The number of phenolic OH excluding ortho intramolecular Hbond substituents is 1. The topological polar surface area (TPSA) is 119 Å². The monoisotopic (exact) mass is 732 g/mol. The molecule has 0 radical (unpaired) electrons. The van der Waals surface area contributed by atoms with Crippen LogP contribution < -0.4 is 15.6 Å². The molecular weight excluding hydrogens is 696 g/mol. The predicted molar refractivity (Wildman–Crippen MR) is 206 cm³/mol. The number of allylic oxidation sites excluding steroid dienone is 2. The van der Waals surface area contributed by atoms with Gasteiger partial charge in [0.15, 0.2) is 11.6 Å². The van der Waals surface area contributed by atoms with Gasteiger partial charge in [-0.1, -0.05) is 90.0 Å². The number of benzene rings is 5. The fourth-order valence-electron chi connectivity index (χ4n) is 9.49. The molecule has 2 aliphatic heterocycles. The van der Waals surface area contributed by atoms with Crippen LogP contribution in [0.2, 0.25) is 0 Å². The third kappa shape index (κ3) is 5.26. The summed E-state index contributed by atoms with van der Waals surface area (Å²) in [6.45, 7) is 1.93. The van der Waals surface area contributed by atoms with Crippen molar-refractivity contribution in [3.05, 3.63) is 162 Å². The molecule has 5 aromatic rings. The van der Waals surface area contributed by atoms with E-state index in [2.05, 4.69) is 10.7 Å². The van der Waals surface area contributed by atoms with Gasteiger partial charge in [-0.15, -0.1) is 0 Å². The van der Waals surface area contributed by atoms with Gasteiger partial charge in [-0.25, -0.2) is 4.39 Å². The van der Waals surface area contributed by atoms with Gasteiger partial charge in [-0.2, -0.15) is 5.01 Å². The van der Waals surface area contributed by atoms with Gasteiger partial charge in [0.05, 0.1) is 34.5 Å². The van der Waals surface area contributed by atoms with Gasteiger partial charge in [0, 0.05) is 22.9 Å². The zero-order valence-electron chi connectivity index (χ0n) is 29.9. The number of amides is 4. The highest BCUT2D eigenvalue weighted by Gasteiger charge is 2.70. The molecule has 9 rings (SSSR count). The van der Waals surface area contributed by atoms with Crippen LogP contribution in [0, 0.1) is 36.4 Å². The van der Waals surface area contributed by atoms with Gasteiger partial charge in [-0.05, 0) is 85.8 Å². The van der Waals surface area contributed by atoms with Crippen LogP contribution in [0.25, 0.3) is 0 Å². The number of imide groups is 2. The number of carbonyl (C=O) groups is 4. The minimum Gasteiger partial charge on any atom is -0.505 e. The third-order valence-electron chi connectivity index (χ3n) is 11.9. The Morgan fingerprint density at radius 2 is 1.36 bits per heavy atom. The van der Waals surface area contributed by atoms with Gasteiger partial charge < -0.3 is 10.4 Å². The quantitative estimate of drug-likeness (QED) is 0.116. The van der Waals surface area contributed by atoms with E-state index < -0.39 is 64.3 Å². The molecular formula is C45H37FN4O5. The summed E-state index contributed by atoms with van der Waals surface area (Å²) in [5.74, 6) is -7.58. The molecule has 9 nitrogen and oxygen atoms in total. The van der Waals surface area contributed by atoms with Crippen molar-refractivity contribution in [1.82, 2.24) is 5.01 Å². The first-order chi connectivity index (χ1) is 26.7. The number of halogens is 1. The van der Waals surface area contributed by atoms with E-state index >= 15 is 9.18 Å². The highest BCUT2D eigenvalue weighted by atomic mass is 19.1. The van der Waals surface area contributed by atoms with Gasteiger partial charge in [0.2, 0.25) is 11.8 Å². The number of aryl methyl sites for hydroxylation is 1. The Morgan fingerprint density at radius 1 is 0.709 bits per heavy atom. The van der Waals surface area contributed by atoms with Crippen molar-refractivity contribution >= 4 is 46.4 Å². The first kappa shape index (κ1) is 34.2. The Hall–Kier alpha value is -6.55. The summed E-state index contributed by atoms with van der Waals surface area (Å²) in [6.07, 6.45) is 2.16.